The first-order chi connectivity index (χ1) is 17.4. The summed E-state index contributed by atoms with van der Waals surface area (Å²) >= 11 is 12.3. The van der Waals surface area contributed by atoms with Gasteiger partial charge in [-0.25, -0.2) is 0 Å². The van der Waals surface area contributed by atoms with Gasteiger partial charge < -0.3 is 19.1 Å². The number of ether oxygens (including phenoxy) is 3. The largest absolute Gasteiger partial charge is 0.467 e. The molecule has 3 aliphatic rings. The minimum absolute atomic E-state index is 0.0760. The number of carbonyl (C=O) groups excluding carboxylic acids is 1. The zero-order valence-electron chi connectivity index (χ0n) is 20.7. The first-order valence-electron chi connectivity index (χ1n) is 12.5. The molecule has 1 aromatic heterocycles. The number of fused-ring (bicyclic) bond motifs is 1. The number of nitrogens with zero attached hydrogens (tertiary/aromatic N) is 4. The average molecular weight is 535 g/mol. The standard InChI is InChI=1S/C26H32Cl2N4O4/c1-16-21(14-17-3-4-19(27)20(28)13-17)29-26(34-2)30-24(16)25(33)31-8-5-18(6-9-31)32-10-12-36-23-15-35-11-7-22(23)32/h3-4,13,18,22-23H,5-12,14-15H2,1-2H3/t22-,23+/m1/s1. The van der Waals surface area contributed by atoms with Gasteiger partial charge in [0.2, 0.25) is 0 Å². The van der Waals surface area contributed by atoms with Gasteiger partial charge >= 0.3 is 6.01 Å². The molecule has 0 spiro atoms. The Hall–Kier alpha value is -1.97. The topological polar surface area (TPSA) is 77.0 Å². The second-order valence-corrected chi connectivity index (χ2v) is 10.5. The van der Waals surface area contributed by atoms with Crippen LogP contribution in [0.4, 0.5) is 0 Å². The molecule has 0 bridgehead atoms. The smallest absolute Gasteiger partial charge is 0.317 e. The Bertz CT molecular complexity index is 1110. The highest BCUT2D eigenvalue weighted by Gasteiger charge is 2.39. The lowest BCUT2D eigenvalue weighted by Gasteiger charge is -2.49. The van der Waals surface area contributed by atoms with Crippen molar-refractivity contribution in [3.05, 3.63) is 50.8 Å². The third-order valence-electron chi connectivity index (χ3n) is 7.56. The first-order valence-corrected chi connectivity index (χ1v) is 13.3. The molecule has 2 atom stereocenters. The molecule has 0 N–H and O–H groups in total. The minimum atomic E-state index is -0.0760. The Morgan fingerprint density at radius 1 is 1.11 bits per heavy atom. The Morgan fingerprint density at radius 3 is 2.67 bits per heavy atom. The van der Waals surface area contributed by atoms with E-state index in [4.69, 9.17) is 37.4 Å². The molecule has 36 heavy (non-hydrogen) atoms. The third kappa shape index (κ3) is 5.34. The number of hydrogen-bond donors (Lipinski definition) is 0. The van der Waals surface area contributed by atoms with Crippen LogP contribution in [0.5, 0.6) is 6.01 Å². The van der Waals surface area contributed by atoms with Crippen molar-refractivity contribution in [3.8, 4) is 6.01 Å². The number of methoxy groups -OCH3 is 1. The van der Waals surface area contributed by atoms with Crippen molar-refractivity contribution in [1.82, 2.24) is 19.8 Å². The molecule has 0 aliphatic carbocycles. The number of halogens is 2. The molecule has 4 heterocycles. The molecule has 8 nitrogen and oxygen atoms in total. The fraction of sp³-hybridized carbons (Fsp3) is 0.577. The quantitative estimate of drug-likeness (QED) is 0.577. The Balaban J connectivity index is 1.29. The van der Waals surface area contributed by atoms with Crippen LogP contribution in [0.3, 0.4) is 0 Å². The van der Waals surface area contributed by atoms with Crippen LogP contribution in [0.25, 0.3) is 0 Å². The number of benzene rings is 1. The van der Waals surface area contributed by atoms with Gasteiger partial charge in [0.25, 0.3) is 5.91 Å². The summed E-state index contributed by atoms with van der Waals surface area (Å²) in [7, 11) is 1.51. The van der Waals surface area contributed by atoms with E-state index >= 15 is 0 Å². The van der Waals surface area contributed by atoms with E-state index in [0.29, 0.717) is 53.9 Å². The van der Waals surface area contributed by atoms with Crippen molar-refractivity contribution < 1.29 is 19.0 Å². The van der Waals surface area contributed by atoms with Crippen molar-refractivity contribution in [2.45, 2.75) is 50.8 Å². The maximum atomic E-state index is 13.6. The van der Waals surface area contributed by atoms with Crippen molar-refractivity contribution in [2.24, 2.45) is 0 Å². The van der Waals surface area contributed by atoms with Crippen LogP contribution < -0.4 is 4.74 Å². The van der Waals surface area contributed by atoms with Gasteiger partial charge in [0.05, 0.1) is 42.2 Å². The van der Waals surface area contributed by atoms with Crippen LogP contribution in [-0.2, 0) is 15.9 Å². The van der Waals surface area contributed by atoms with Gasteiger partial charge in [-0.05, 0) is 43.9 Å². The zero-order chi connectivity index (χ0) is 25.2. The molecule has 194 valence electrons. The number of rotatable bonds is 5. The summed E-state index contributed by atoms with van der Waals surface area (Å²) in [5.41, 5.74) is 2.83. The van der Waals surface area contributed by atoms with E-state index in [1.807, 2.05) is 24.0 Å². The van der Waals surface area contributed by atoms with Crippen LogP contribution in [0.1, 0.15) is 46.6 Å². The number of carbonyl (C=O) groups is 1. The van der Waals surface area contributed by atoms with Gasteiger partial charge in [-0.15, -0.1) is 0 Å². The normalized spacial score (nSPS) is 23.4. The van der Waals surface area contributed by atoms with Gasteiger partial charge in [0.15, 0.2) is 0 Å². The lowest BCUT2D eigenvalue weighted by molar-refractivity contribution is -0.148. The molecule has 3 fully saturated rings. The highest BCUT2D eigenvalue weighted by atomic mass is 35.5. The molecule has 3 aliphatic heterocycles. The number of aromatic nitrogens is 2. The van der Waals surface area contributed by atoms with E-state index in [9.17, 15) is 4.79 Å². The van der Waals surface area contributed by atoms with Crippen molar-refractivity contribution >= 4 is 29.1 Å². The van der Waals surface area contributed by atoms with Crippen LogP contribution >= 0.6 is 23.2 Å². The van der Waals surface area contributed by atoms with Crippen LogP contribution in [0.15, 0.2) is 18.2 Å². The number of amides is 1. The molecule has 1 amide bonds. The van der Waals surface area contributed by atoms with Crippen molar-refractivity contribution in [1.29, 1.82) is 0 Å². The maximum absolute atomic E-state index is 13.6. The first kappa shape index (κ1) is 25.7. The van der Waals surface area contributed by atoms with E-state index in [1.54, 1.807) is 6.07 Å². The number of morpholine rings is 1. The van der Waals surface area contributed by atoms with Gasteiger partial charge in [-0.1, -0.05) is 29.3 Å². The van der Waals surface area contributed by atoms with E-state index in [-0.39, 0.29) is 18.0 Å². The summed E-state index contributed by atoms with van der Waals surface area (Å²) in [5.74, 6) is -0.0760. The number of likely N-dealkylation sites (tertiary alicyclic amines) is 1. The van der Waals surface area contributed by atoms with E-state index in [2.05, 4.69) is 14.9 Å². The van der Waals surface area contributed by atoms with Gasteiger partial charge in [-0.2, -0.15) is 9.97 Å². The molecule has 10 heteroatoms. The fourth-order valence-electron chi connectivity index (χ4n) is 5.57. The summed E-state index contributed by atoms with van der Waals surface area (Å²) in [6.07, 6.45) is 3.54. The number of hydrogen-bond acceptors (Lipinski definition) is 7. The third-order valence-corrected chi connectivity index (χ3v) is 8.30. The maximum Gasteiger partial charge on any atom is 0.317 e. The van der Waals surface area contributed by atoms with Crippen LogP contribution in [-0.4, -0.2) is 90.4 Å². The second kappa shape index (κ2) is 11.2. The molecule has 0 saturated carbocycles. The second-order valence-electron chi connectivity index (χ2n) is 9.66. The Morgan fingerprint density at radius 2 is 1.92 bits per heavy atom. The predicted molar refractivity (Wildman–Crippen MR) is 137 cm³/mol. The average Bonchev–Trinajstić information content (AvgIpc) is 2.91. The van der Waals surface area contributed by atoms with E-state index in [1.165, 1.54) is 7.11 Å². The lowest BCUT2D eigenvalue weighted by atomic mass is 9.95. The summed E-state index contributed by atoms with van der Waals surface area (Å²) in [4.78, 5) is 27.1. The van der Waals surface area contributed by atoms with Crippen LogP contribution in [0.2, 0.25) is 10.0 Å². The molecule has 3 saturated heterocycles. The molecule has 1 aromatic carbocycles. The van der Waals surface area contributed by atoms with Crippen molar-refractivity contribution in [3.63, 3.8) is 0 Å². The van der Waals surface area contributed by atoms with Gasteiger partial charge in [0.1, 0.15) is 5.69 Å². The molecule has 0 radical (unpaired) electrons. The van der Waals surface area contributed by atoms with Crippen LogP contribution in [0, 0.1) is 6.92 Å². The highest BCUT2D eigenvalue weighted by molar-refractivity contribution is 6.42. The van der Waals surface area contributed by atoms with Gasteiger partial charge in [0, 0.05) is 50.3 Å². The molecule has 0 unspecified atom stereocenters. The molecular weight excluding hydrogens is 503 g/mol. The monoisotopic (exact) mass is 534 g/mol. The fourth-order valence-corrected chi connectivity index (χ4v) is 5.89. The summed E-state index contributed by atoms with van der Waals surface area (Å²) in [6.45, 7) is 6.44. The Kier molecular flexibility index (Phi) is 7.98. The summed E-state index contributed by atoms with van der Waals surface area (Å²) in [5, 5.41) is 0.987. The highest BCUT2D eigenvalue weighted by Crippen LogP contribution is 2.29. The predicted octanol–water partition coefficient (Wildman–Crippen LogP) is 3.79. The lowest BCUT2D eigenvalue weighted by Crippen LogP contribution is -2.60. The Labute approximate surface area is 221 Å². The summed E-state index contributed by atoms with van der Waals surface area (Å²) < 4.78 is 16.9. The van der Waals surface area contributed by atoms with Gasteiger partial charge in [-0.3, -0.25) is 9.69 Å². The minimum Gasteiger partial charge on any atom is -0.467 e. The SMILES string of the molecule is COc1nc(Cc2ccc(Cl)c(Cl)c2)c(C)c(C(=O)N2CCC(N3CCO[C@H]4COCC[C@H]43)CC2)n1. The molecule has 5 rings (SSSR count). The molecule has 2 aromatic rings. The summed E-state index contributed by atoms with van der Waals surface area (Å²) in [6, 6.07) is 6.54. The van der Waals surface area contributed by atoms with E-state index < -0.39 is 0 Å². The van der Waals surface area contributed by atoms with E-state index in [0.717, 1.165) is 55.8 Å². The number of piperidine rings is 1. The zero-order valence-corrected chi connectivity index (χ0v) is 22.2. The van der Waals surface area contributed by atoms with Crippen molar-refractivity contribution in [2.75, 3.05) is 46.6 Å². The molecular formula is C26H32Cl2N4O4.